The molecular formula is C23H31F2N5O4S. The van der Waals surface area contributed by atoms with Crippen molar-refractivity contribution >= 4 is 28.5 Å². The maximum absolute atomic E-state index is 13.3. The fourth-order valence-electron chi connectivity index (χ4n) is 3.92. The first-order valence-electron chi connectivity index (χ1n) is 11.5. The fraction of sp³-hybridized carbons (Fsp3) is 0.522. The summed E-state index contributed by atoms with van der Waals surface area (Å²) in [6.45, 7) is 1.39. The van der Waals surface area contributed by atoms with Crippen molar-refractivity contribution in [2.75, 3.05) is 31.5 Å². The summed E-state index contributed by atoms with van der Waals surface area (Å²) in [6.07, 6.45) is 2.89. The number of likely N-dealkylation sites (tertiary alicyclic amines) is 1. The van der Waals surface area contributed by atoms with E-state index in [1.165, 1.54) is 25.0 Å². The van der Waals surface area contributed by atoms with Crippen molar-refractivity contribution in [1.82, 2.24) is 14.6 Å². The van der Waals surface area contributed by atoms with Gasteiger partial charge in [0, 0.05) is 18.7 Å². The highest BCUT2D eigenvalue weighted by Crippen LogP contribution is 2.31. The number of hydrogen-bond acceptors (Lipinski definition) is 7. The molecule has 1 aromatic heterocycles. The zero-order chi connectivity index (χ0) is 25.2. The highest BCUT2D eigenvalue weighted by Gasteiger charge is 2.23. The molecule has 0 spiro atoms. The van der Waals surface area contributed by atoms with E-state index in [-0.39, 0.29) is 40.7 Å². The number of amides is 3. The van der Waals surface area contributed by atoms with E-state index in [1.807, 2.05) is 0 Å². The Bertz CT molecular complexity index is 978. The minimum absolute atomic E-state index is 0.0871. The number of primary amides is 1. The van der Waals surface area contributed by atoms with Gasteiger partial charge in [-0.1, -0.05) is 18.2 Å². The SMILES string of the molecule is NC(=O)c1c(OCc2c(CF)cccc2CF)nsc1NC(=O)NCCC(O)CCN1CCCC1. The zero-order valence-corrected chi connectivity index (χ0v) is 20.2. The summed E-state index contributed by atoms with van der Waals surface area (Å²) in [5.74, 6) is -1.00. The second-order valence-corrected chi connectivity index (χ2v) is 9.10. The summed E-state index contributed by atoms with van der Waals surface area (Å²) in [4.78, 5) is 26.6. The molecule has 1 fully saturated rings. The minimum atomic E-state index is -0.870. The fourth-order valence-corrected chi connectivity index (χ4v) is 4.66. The number of carbonyl (C=O) groups is 2. The van der Waals surface area contributed by atoms with Crippen molar-refractivity contribution in [3.05, 3.63) is 40.5 Å². The van der Waals surface area contributed by atoms with Gasteiger partial charge in [-0.05, 0) is 61.4 Å². The van der Waals surface area contributed by atoms with Gasteiger partial charge in [0.15, 0.2) is 0 Å². The predicted octanol–water partition coefficient (Wildman–Crippen LogP) is 3.12. The number of nitrogens with one attached hydrogen (secondary N) is 2. The number of anilines is 1. The molecule has 1 aromatic carbocycles. The number of rotatable bonds is 13. The van der Waals surface area contributed by atoms with Gasteiger partial charge in [0.2, 0.25) is 5.88 Å². The van der Waals surface area contributed by atoms with Crippen LogP contribution in [0, 0.1) is 0 Å². The van der Waals surface area contributed by atoms with Crippen LogP contribution >= 0.6 is 11.5 Å². The van der Waals surface area contributed by atoms with Crippen LogP contribution in [0.3, 0.4) is 0 Å². The van der Waals surface area contributed by atoms with Crippen LogP contribution in [0.15, 0.2) is 18.2 Å². The molecule has 1 aliphatic heterocycles. The van der Waals surface area contributed by atoms with Gasteiger partial charge in [-0.25, -0.2) is 13.6 Å². The Morgan fingerprint density at radius 3 is 2.51 bits per heavy atom. The number of hydrogen-bond donors (Lipinski definition) is 4. The van der Waals surface area contributed by atoms with Gasteiger partial charge in [-0.2, -0.15) is 4.37 Å². The van der Waals surface area contributed by atoms with Crippen LogP contribution in [-0.4, -0.2) is 58.6 Å². The summed E-state index contributed by atoms with van der Waals surface area (Å²) in [5, 5.41) is 15.4. The Labute approximate surface area is 206 Å². The van der Waals surface area contributed by atoms with Gasteiger partial charge in [-0.15, -0.1) is 0 Å². The Kier molecular flexibility index (Phi) is 10.2. The van der Waals surface area contributed by atoms with Crippen molar-refractivity contribution in [3.63, 3.8) is 0 Å². The van der Waals surface area contributed by atoms with Crippen LogP contribution in [0.4, 0.5) is 18.6 Å². The number of aromatic nitrogens is 1. The number of halogens is 2. The van der Waals surface area contributed by atoms with E-state index in [4.69, 9.17) is 10.5 Å². The summed E-state index contributed by atoms with van der Waals surface area (Å²) in [6, 6.07) is 4.01. The lowest BCUT2D eigenvalue weighted by Crippen LogP contribution is -2.32. The smallest absolute Gasteiger partial charge is 0.319 e. The molecule has 1 unspecified atom stereocenters. The Balaban J connectivity index is 1.52. The normalized spacial score (nSPS) is 14.6. The molecule has 3 amide bonds. The Morgan fingerprint density at radius 2 is 1.89 bits per heavy atom. The second-order valence-electron chi connectivity index (χ2n) is 8.33. The zero-order valence-electron chi connectivity index (χ0n) is 19.4. The number of urea groups is 1. The van der Waals surface area contributed by atoms with Gasteiger partial charge in [0.1, 0.15) is 30.5 Å². The molecule has 2 aromatic rings. The maximum atomic E-state index is 13.3. The topological polar surface area (TPSA) is 130 Å². The predicted molar refractivity (Wildman–Crippen MR) is 129 cm³/mol. The third-order valence-corrected chi connectivity index (χ3v) is 6.63. The summed E-state index contributed by atoms with van der Waals surface area (Å²) < 4.78 is 36.2. The maximum Gasteiger partial charge on any atom is 0.319 e. The van der Waals surface area contributed by atoms with Crippen LogP contribution in [0.25, 0.3) is 0 Å². The van der Waals surface area contributed by atoms with Crippen LogP contribution in [0.5, 0.6) is 5.88 Å². The number of aliphatic hydroxyl groups excluding tert-OH is 1. The first kappa shape index (κ1) is 26.8. The van der Waals surface area contributed by atoms with Crippen LogP contribution in [0.1, 0.15) is 52.7 Å². The molecule has 2 heterocycles. The third kappa shape index (κ3) is 7.58. The van der Waals surface area contributed by atoms with E-state index >= 15 is 0 Å². The highest BCUT2D eigenvalue weighted by molar-refractivity contribution is 7.11. The molecule has 9 nitrogen and oxygen atoms in total. The molecule has 192 valence electrons. The quantitative estimate of drug-likeness (QED) is 0.327. The first-order chi connectivity index (χ1) is 16.9. The van der Waals surface area contributed by atoms with Crippen molar-refractivity contribution in [2.24, 2.45) is 5.73 Å². The summed E-state index contributed by atoms with van der Waals surface area (Å²) in [5.41, 5.74) is 6.21. The van der Waals surface area contributed by atoms with E-state index in [9.17, 15) is 23.5 Å². The van der Waals surface area contributed by atoms with Crippen molar-refractivity contribution in [2.45, 2.75) is 51.7 Å². The lowest BCUT2D eigenvalue weighted by molar-refractivity contribution is 0.0996. The van der Waals surface area contributed by atoms with Crippen LogP contribution < -0.4 is 21.1 Å². The average Bonchev–Trinajstić information content (AvgIpc) is 3.51. The van der Waals surface area contributed by atoms with Crippen LogP contribution in [0.2, 0.25) is 0 Å². The van der Waals surface area contributed by atoms with Gasteiger partial charge in [-0.3, -0.25) is 10.1 Å². The van der Waals surface area contributed by atoms with Crippen molar-refractivity contribution in [1.29, 1.82) is 0 Å². The molecule has 1 atom stereocenters. The minimum Gasteiger partial charge on any atom is -0.472 e. The molecule has 1 saturated heterocycles. The van der Waals surface area contributed by atoms with Crippen molar-refractivity contribution in [3.8, 4) is 5.88 Å². The van der Waals surface area contributed by atoms with E-state index < -0.39 is 31.4 Å². The number of aliphatic hydroxyl groups is 1. The first-order valence-corrected chi connectivity index (χ1v) is 12.3. The molecule has 0 saturated carbocycles. The van der Waals surface area contributed by atoms with E-state index in [2.05, 4.69) is 19.9 Å². The molecule has 35 heavy (non-hydrogen) atoms. The average molecular weight is 512 g/mol. The number of benzene rings is 1. The van der Waals surface area contributed by atoms with E-state index in [0.717, 1.165) is 31.2 Å². The monoisotopic (exact) mass is 511 g/mol. The third-order valence-electron chi connectivity index (χ3n) is 5.89. The number of alkyl halides is 2. The number of nitrogens with two attached hydrogens (primary N) is 1. The van der Waals surface area contributed by atoms with Crippen molar-refractivity contribution < 1.29 is 28.2 Å². The second kappa shape index (κ2) is 13.3. The molecule has 1 aliphatic rings. The molecule has 5 N–H and O–H groups in total. The summed E-state index contributed by atoms with van der Waals surface area (Å²) in [7, 11) is 0. The Morgan fingerprint density at radius 1 is 1.20 bits per heavy atom. The molecule has 0 radical (unpaired) electrons. The largest absolute Gasteiger partial charge is 0.472 e. The molecule has 0 aliphatic carbocycles. The highest BCUT2D eigenvalue weighted by atomic mass is 32.1. The molecule has 0 bridgehead atoms. The van der Waals surface area contributed by atoms with E-state index in [0.29, 0.717) is 18.4 Å². The molecular weight excluding hydrogens is 480 g/mol. The number of ether oxygens (including phenoxy) is 1. The van der Waals surface area contributed by atoms with Gasteiger partial charge in [0.05, 0.1) is 6.10 Å². The van der Waals surface area contributed by atoms with Gasteiger partial charge < -0.3 is 25.8 Å². The Hall–Kier alpha value is -2.83. The van der Waals surface area contributed by atoms with Gasteiger partial charge >= 0.3 is 6.03 Å². The van der Waals surface area contributed by atoms with Gasteiger partial charge in [0.25, 0.3) is 5.91 Å². The number of carbonyl (C=O) groups excluding carboxylic acids is 2. The molecule has 3 rings (SSSR count). The lowest BCUT2D eigenvalue weighted by Gasteiger charge is -2.17. The summed E-state index contributed by atoms with van der Waals surface area (Å²) >= 11 is 0.799. The molecule has 12 heteroatoms. The standard InChI is InChI=1S/C23H31F2N5O4S/c24-12-15-4-3-5-16(13-25)18(15)14-34-21-19(20(26)32)22(35-29-21)28-23(33)27-8-6-17(31)7-11-30-9-1-2-10-30/h3-5,17,31H,1-2,6-14H2,(H2,26,32)(H2,27,28,33). The lowest BCUT2D eigenvalue weighted by atomic mass is 10.0. The number of nitrogens with zero attached hydrogens (tertiary/aromatic N) is 2. The van der Waals surface area contributed by atoms with Crippen LogP contribution in [-0.2, 0) is 20.0 Å². The van der Waals surface area contributed by atoms with E-state index in [1.54, 1.807) is 6.07 Å².